The lowest BCUT2D eigenvalue weighted by Crippen LogP contribution is -2.31. The molecule has 110 valence electrons. The average Bonchev–Trinajstić information content (AvgIpc) is 2.37. The Hall–Kier alpha value is -1.88. The van der Waals surface area contributed by atoms with Crippen LogP contribution in [0.1, 0.15) is 43.1 Å². The Balaban J connectivity index is 2.72. The van der Waals surface area contributed by atoms with Crippen molar-refractivity contribution in [3.05, 3.63) is 35.4 Å². The Bertz CT molecular complexity index is 491. The van der Waals surface area contributed by atoms with Gasteiger partial charge in [-0.15, -0.1) is 0 Å². The predicted molar refractivity (Wildman–Crippen MR) is 75.7 cm³/mol. The molecule has 0 aliphatic rings. The van der Waals surface area contributed by atoms with E-state index in [0.717, 1.165) is 5.56 Å². The Labute approximate surface area is 118 Å². The zero-order valence-electron chi connectivity index (χ0n) is 12.0. The molecule has 5 heteroatoms. The van der Waals surface area contributed by atoms with Gasteiger partial charge >= 0.3 is 5.97 Å². The first-order valence-corrected chi connectivity index (χ1v) is 6.52. The van der Waals surface area contributed by atoms with Gasteiger partial charge in [-0.2, -0.15) is 0 Å². The molecule has 1 rings (SSSR count). The molecule has 0 saturated carbocycles. The maximum absolute atomic E-state index is 12.1. The summed E-state index contributed by atoms with van der Waals surface area (Å²) in [6.45, 7) is 6.18. The summed E-state index contributed by atoms with van der Waals surface area (Å²) in [5.74, 6) is -1.54. The van der Waals surface area contributed by atoms with Crippen LogP contribution in [0.4, 0.5) is 0 Å². The second-order valence-electron chi connectivity index (χ2n) is 5.69. The van der Waals surface area contributed by atoms with Gasteiger partial charge in [0.05, 0.1) is 0 Å². The van der Waals surface area contributed by atoms with Crippen molar-refractivity contribution in [3.8, 4) is 0 Å². The lowest BCUT2D eigenvalue weighted by molar-refractivity contribution is -0.146. The van der Waals surface area contributed by atoms with Crippen molar-refractivity contribution in [2.75, 3.05) is 6.54 Å². The van der Waals surface area contributed by atoms with Gasteiger partial charge in [0.1, 0.15) is 0 Å². The summed E-state index contributed by atoms with van der Waals surface area (Å²) in [7, 11) is 0. The SMILES string of the molecule is CC(C)(C)c1ccccc1C(=O)NCC[C@H](O)C(=O)O. The molecule has 3 N–H and O–H groups in total. The van der Waals surface area contributed by atoms with Gasteiger partial charge in [-0.05, 0) is 17.0 Å². The second kappa shape index (κ2) is 6.52. The minimum atomic E-state index is -1.45. The van der Waals surface area contributed by atoms with E-state index < -0.39 is 12.1 Å². The molecule has 0 saturated heterocycles. The van der Waals surface area contributed by atoms with E-state index in [2.05, 4.69) is 5.32 Å². The van der Waals surface area contributed by atoms with Crippen molar-refractivity contribution in [3.63, 3.8) is 0 Å². The number of carbonyl (C=O) groups is 2. The summed E-state index contributed by atoms with van der Waals surface area (Å²) in [6.07, 6.45) is -1.47. The third-order valence-electron chi connectivity index (χ3n) is 2.97. The van der Waals surface area contributed by atoms with Crippen LogP contribution in [0, 0.1) is 0 Å². The van der Waals surface area contributed by atoms with Crippen LogP contribution < -0.4 is 5.32 Å². The fourth-order valence-electron chi connectivity index (χ4n) is 1.88. The molecule has 0 aliphatic carbocycles. The molecular weight excluding hydrogens is 258 g/mol. The molecule has 20 heavy (non-hydrogen) atoms. The van der Waals surface area contributed by atoms with Crippen LogP contribution in [0.5, 0.6) is 0 Å². The summed E-state index contributed by atoms with van der Waals surface area (Å²) >= 11 is 0. The summed E-state index contributed by atoms with van der Waals surface area (Å²) in [5.41, 5.74) is 1.34. The Morgan fingerprint density at radius 3 is 2.40 bits per heavy atom. The van der Waals surface area contributed by atoms with Crippen LogP contribution >= 0.6 is 0 Å². The van der Waals surface area contributed by atoms with E-state index in [0.29, 0.717) is 5.56 Å². The standard InChI is InChI=1S/C15H21NO4/c1-15(2,3)11-7-5-4-6-10(11)13(18)16-9-8-12(17)14(19)20/h4-7,12,17H,8-9H2,1-3H3,(H,16,18)(H,19,20)/t12-/m0/s1. The molecule has 0 bridgehead atoms. The third-order valence-corrected chi connectivity index (χ3v) is 2.97. The second-order valence-corrected chi connectivity index (χ2v) is 5.69. The van der Waals surface area contributed by atoms with Gasteiger partial charge in [-0.25, -0.2) is 4.79 Å². The maximum Gasteiger partial charge on any atom is 0.332 e. The number of rotatable bonds is 5. The quantitative estimate of drug-likeness (QED) is 0.763. The molecule has 1 atom stereocenters. The molecule has 0 aromatic heterocycles. The molecule has 0 heterocycles. The number of benzene rings is 1. The number of amides is 1. The fraction of sp³-hybridized carbons (Fsp3) is 0.467. The molecule has 5 nitrogen and oxygen atoms in total. The lowest BCUT2D eigenvalue weighted by Gasteiger charge is -2.22. The Morgan fingerprint density at radius 2 is 1.85 bits per heavy atom. The van der Waals surface area contributed by atoms with Gasteiger partial charge in [0.25, 0.3) is 5.91 Å². The first-order chi connectivity index (χ1) is 9.23. The summed E-state index contributed by atoms with van der Waals surface area (Å²) in [6, 6.07) is 7.31. The first-order valence-electron chi connectivity index (χ1n) is 6.52. The van der Waals surface area contributed by atoms with E-state index in [9.17, 15) is 9.59 Å². The molecular formula is C15H21NO4. The topological polar surface area (TPSA) is 86.6 Å². The van der Waals surface area contributed by atoms with Crippen molar-refractivity contribution < 1.29 is 19.8 Å². The zero-order chi connectivity index (χ0) is 15.3. The molecule has 1 aromatic rings. The normalized spacial score (nSPS) is 12.8. The van der Waals surface area contributed by atoms with Crippen LogP contribution in [-0.4, -0.2) is 34.7 Å². The molecule has 0 unspecified atom stereocenters. The van der Waals surface area contributed by atoms with Crippen molar-refractivity contribution in [1.82, 2.24) is 5.32 Å². The third kappa shape index (κ3) is 4.35. The predicted octanol–water partition coefficient (Wildman–Crippen LogP) is 1.55. The van der Waals surface area contributed by atoms with Crippen LogP contribution in [0.25, 0.3) is 0 Å². The molecule has 0 spiro atoms. The highest BCUT2D eigenvalue weighted by atomic mass is 16.4. The summed E-state index contributed by atoms with van der Waals surface area (Å²) in [4.78, 5) is 22.6. The molecule has 1 aromatic carbocycles. The zero-order valence-corrected chi connectivity index (χ0v) is 12.0. The number of aliphatic hydroxyl groups excluding tert-OH is 1. The maximum atomic E-state index is 12.1. The number of carboxylic acid groups (broad SMARTS) is 1. The number of aliphatic carboxylic acids is 1. The van der Waals surface area contributed by atoms with Gasteiger partial charge in [0.15, 0.2) is 6.10 Å². The number of nitrogens with one attached hydrogen (secondary N) is 1. The highest BCUT2D eigenvalue weighted by Crippen LogP contribution is 2.25. The fourth-order valence-corrected chi connectivity index (χ4v) is 1.88. The van der Waals surface area contributed by atoms with Crippen LogP contribution in [0.15, 0.2) is 24.3 Å². The number of hydrogen-bond acceptors (Lipinski definition) is 3. The minimum Gasteiger partial charge on any atom is -0.479 e. The van der Waals surface area contributed by atoms with E-state index in [-0.39, 0.29) is 24.3 Å². The van der Waals surface area contributed by atoms with Crippen molar-refractivity contribution >= 4 is 11.9 Å². The molecule has 0 radical (unpaired) electrons. The smallest absolute Gasteiger partial charge is 0.332 e. The highest BCUT2D eigenvalue weighted by Gasteiger charge is 2.21. The lowest BCUT2D eigenvalue weighted by atomic mass is 9.83. The van der Waals surface area contributed by atoms with E-state index in [1.807, 2.05) is 32.9 Å². The molecule has 0 aliphatic heterocycles. The monoisotopic (exact) mass is 279 g/mol. The number of carboxylic acids is 1. The van der Waals surface area contributed by atoms with Crippen LogP contribution in [0.3, 0.4) is 0 Å². The molecule has 0 fully saturated rings. The van der Waals surface area contributed by atoms with Gasteiger partial charge < -0.3 is 15.5 Å². The number of carbonyl (C=O) groups excluding carboxylic acids is 1. The molecule has 1 amide bonds. The first kappa shape index (κ1) is 16.2. The van der Waals surface area contributed by atoms with Crippen molar-refractivity contribution in [2.45, 2.75) is 38.7 Å². The van der Waals surface area contributed by atoms with Crippen LogP contribution in [0.2, 0.25) is 0 Å². The average molecular weight is 279 g/mol. The largest absolute Gasteiger partial charge is 0.479 e. The van der Waals surface area contributed by atoms with Gasteiger partial charge in [0, 0.05) is 18.5 Å². The van der Waals surface area contributed by atoms with E-state index in [4.69, 9.17) is 10.2 Å². The van der Waals surface area contributed by atoms with Gasteiger partial charge in [-0.3, -0.25) is 4.79 Å². The van der Waals surface area contributed by atoms with Crippen molar-refractivity contribution in [1.29, 1.82) is 0 Å². The highest BCUT2D eigenvalue weighted by molar-refractivity contribution is 5.96. The van der Waals surface area contributed by atoms with Gasteiger partial charge in [0.2, 0.25) is 0 Å². The Kier molecular flexibility index (Phi) is 5.27. The van der Waals surface area contributed by atoms with E-state index in [1.165, 1.54) is 0 Å². The number of aliphatic hydroxyl groups is 1. The van der Waals surface area contributed by atoms with E-state index in [1.54, 1.807) is 12.1 Å². The minimum absolute atomic E-state index is 0.0151. The number of hydrogen-bond donors (Lipinski definition) is 3. The van der Waals surface area contributed by atoms with Crippen LogP contribution in [-0.2, 0) is 10.2 Å². The summed E-state index contributed by atoms with van der Waals surface area (Å²) < 4.78 is 0. The van der Waals surface area contributed by atoms with E-state index >= 15 is 0 Å². The Morgan fingerprint density at radius 1 is 1.25 bits per heavy atom. The summed E-state index contributed by atoms with van der Waals surface area (Å²) in [5, 5.41) is 20.3. The van der Waals surface area contributed by atoms with Crippen molar-refractivity contribution in [2.24, 2.45) is 0 Å². The van der Waals surface area contributed by atoms with Gasteiger partial charge in [-0.1, -0.05) is 39.0 Å².